The third-order valence-electron chi connectivity index (χ3n) is 3.39. The van der Waals surface area contributed by atoms with Crippen LogP contribution < -0.4 is 10.6 Å². The molecule has 2 N–H and O–H groups in total. The number of rotatable bonds is 7. The summed E-state index contributed by atoms with van der Waals surface area (Å²) >= 11 is 0. The van der Waals surface area contributed by atoms with Crippen LogP contribution in [0.3, 0.4) is 0 Å². The van der Waals surface area contributed by atoms with Gasteiger partial charge in [0.25, 0.3) is 0 Å². The second kappa shape index (κ2) is 8.61. The van der Waals surface area contributed by atoms with Crippen molar-refractivity contribution in [2.75, 3.05) is 6.54 Å². The van der Waals surface area contributed by atoms with Crippen molar-refractivity contribution in [3.8, 4) is 0 Å². The lowest BCUT2D eigenvalue weighted by Gasteiger charge is -2.16. The van der Waals surface area contributed by atoms with Crippen molar-refractivity contribution in [2.45, 2.75) is 66.5 Å². The molecule has 1 rings (SSSR count). The van der Waals surface area contributed by atoms with Crippen molar-refractivity contribution in [1.29, 1.82) is 0 Å². The van der Waals surface area contributed by atoms with E-state index < -0.39 is 0 Å². The van der Waals surface area contributed by atoms with E-state index in [0.29, 0.717) is 12.6 Å². The Balaban J connectivity index is 2.67. The topological polar surface area (TPSA) is 62.5 Å². The van der Waals surface area contributed by atoms with E-state index >= 15 is 0 Å². The van der Waals surface area contributed by atoms with Gasteiger partial charge in [-0.1, -0.05) is 25.4 Å². The fourth-order valence-electron chi connectivity index (χ4n) is 1.76. The minimum absolute atomic E-state index is 0.410. The summed E-state index contributed by atoms with van der Waals surface area (Å²) in [6, 6.07) is 0.410. The van der Waals surface area contributed by atoms with Gasteiger partial charge in [0.2, 0.25) is 0 Å². The van der Waals surface area contributed by atoms with Crippen LogP contribution in [-0.4, -0.2) is 23.7 Å². The molecule has 0 aliphatic carbocycles. The zero-order valence-corrected chi connectivity index (χ0v) is 13.4. The lowest BCUT2D eigenvalue weighted by molar-refractivity contribution is 0.392. The lowest BCUT2D eigenvalue weighted by atomic mass is 10.2. The van der Waals surface area contributed by atoms with Crippen molar-refractivity contribution in [2.24, 2.45) is 4.99 Å². The van der Waals surface area contributed by atoms with Gasteiger partial charge in [0, 0.05) is 18.2 Å². The zero-order valence-electron chi connectivity index (χ0n) is 13.4. The van der Waals surface area contributed by atoms with Crippen LogP contribution in [0.4, 0.5) is 0 Å². The number of hydrogen-bond donors (Lipinski definition) is 2. The van der Waals surface area contributed by atoms with Crippen molar-refractivity contribution >= 4 is 5.96 Å². The molecule has 0 aliphatic heterocycles. The van der Waals surface area contributed by atoms with Crippen molar-refractivity contribution in [1.82, 2.24) is 15.8 Å². The number of aliphatic imine (C=N–C) groups is 1. The van der Waals surface area contributed by atoms with E-state index in [4.69, 9.17) is 4.52 Å². The summed E-state index contributed by atoms with van der Waals surface area (Å²) in [6.07, 6.45) is 3.39. The Hall–Kier alpha value is -1.52. The van der Waals surface area contributed by atoms with Gasteiger partial charge in [-0.3, -0.25) is 0 Å². The number of aromatic nitrogens is 1. The molecule has 1 heterocycles. The zero-order chi connectivity index (χ0) is 15.0. The first-order valence-corrected chi connectivity index (χ1v) is 7.55. The third-order valence-corrected chi connectivity index (χ3v) is 3.39. The maximum Gasteiger partial charge on any atom is 0.191 e. The predicted molar refractivity (Wildman–Crippen MR) is 82.9 cm³/mol. The van der Waals surface area contributed by atoms with Crippen LogP contribution in [-0.2, 0) is 6.54 Å². The Kier molecular flexibility index (Phi) is 7.12. The minimum atomic E-state index is 0.410. The number of nitrogens with zero attached hydrogens (tertiary/aromatic N) is 2. The second-order valence-electron chi connectivity index (χ2n) is 5.20. The fourth-order valence-corrected chi connectivity index (χ4v) is 1.76. The van der Waals surface area contributed by atoms with Gasteiger partial charge in [-0.2, -0.15) is 0 Å². The molecule has 1 atom stereocenters. The molecule has 0 aliphatic rings. The fraction of sp³-hybridized carbons (Fsp3) is 0.733. The van der Waals surface area contributed by atoms with Crippen LogP contribution in [0.15, 0.2) is 9.52 Å². The molecule has 20 heavy (non-hydrogen) atoms. The summed E-state index contributed by atoms with van der Waals surface area (Å²) in [5.41, 5.74) is 1.99. The third kappa shape index (κ3) is 5.23. The molecule has 1 aromatic heterocycles. The Morgan fingerprint density at radius 3 is 2.65 bits per heavy atom. The normalized spacial score (nSPS) is 13.3. The number of nitrogens with one attached hydrogen (secondary N) is 2. The minimum Gasteiger partial charge on any atom is -0.361 e. The Morgan fingerprint density at radius 1 is 1.35 bits per heavy atom. The molecule has 1 aromatic rings. The summed E-state index contributed by atoms with van der Waals surface area (Å²) < 4.78 is 5.17. The number of aryl methyl sites for hydroxylation is 2. The van der Waals surface area contributed by atoms with Crippen LogP contribution in [0, 0.1) is 13.8 Å². The predicted octanol–water partition coefficient (Wildman–Crippen LogP) is 2.93. The largest absolute Gasteiger partial charge is 0.361 e. The molecule has 0 saturated heterocycles. The van der Waals surface area contributed by atoms with E-state index in [2.05, 4.69) is 41.6 Å². The highest BCUT2D eigenvalue weighted by Gasteiger charge is 2.09. The van der Waals surface area contributed by atoms with E-state index in [1.54, 1.807) is 0 Å². The Bertz CT molecular complexity index is 406. The SMILES string of the molecule is CCCCNC(=NCc1c(C)noc1C)NC(C)CC. The van der Waals surface area contributed by atoms with Crippen LogP contribution in [0.2, 0.25) is 0 Å². The molecule has 0 saturated carbocycles. The molecule has 1 unspecified atom stereocenters. The molecule has 0 spiro atoms. The molecular formula is C15H28N4O. The van der Waals surface area contributed by atoms with Gasteiger partial charge in [0.1, 0.15) is 5.76 Å². The van der Waals surface area contributed by atoms with E-state index in [9.17, 15) is 0 Å². The Morgan fingerprint density at radius 2 is 2.10 bits per heavy atom. The molecule has 0 aromatic carbocycles. The standard InChI is InChI=1S/C15H28N4O/c1-6-8-9-16-15(18-11(3)7-2)17-10-14-12(4)19-20-13(14)5/h11H,6-10H2,1-5H3,(H2,16,17,18). The number of hydrogen-bond acceptors (Lipinski definition) is 3. The van der Waals surface area contributed by atoms with Crippen LogP contribution in [0.5, 0.6) is 0 Å². The summed E-state index contributed by atoms with van der Waals surface area (Å²) in [6.45, 7) is 11.9. The van der Waals surface area contributed by atoms with E-state index in [1.807, 2.05) is 13.8 Å². The number of guanidine groups is 1. The van der Waals surface area contributed by atoms with Gasteiger partial charge in [0.05, 0.1) is 12.2 Å². The van der Waals surface area contributed by atoms with Crippen molar-refractivity contribution < 1.29 is 4.52 Å². The van der Waals surface area contributed by atoms with Gasteiger partial charge in [-0.25, -0.2) is 4.99 Å². The highest BCUT2D eigenvalue weighted by atomic mass is 16.5. The van der Waals surface area contributed by atoms with Crippen molar-refractivity contribution in [3.63, 3.8) is 0 Å². The van der Waals surface area contributed by atoms with E-state index in [-0.39, 0.29) is 0 Å². The molecule has 0 fully saturated rings. The Labute approximate surface area is 122 Å². The average molecular weight is 280 g/mol. The second-order valence-corrected chi connectivity index (χ2v) is 5.20. The quantitative estimate of drug-likeness (QED) is 0.458. The molecule has 5 nitrogen and oxygen atoms in total. The van der Waals surface area contributed by atoms with Crippen molar-refractivity contribution in [3.05, 3.63) is 17.0 Å². The van der Waals surface area contributed by atoms with Gasteiger partial charge in [0.15, 0.2) is 5.96 Å². The molecule has 114 valence electrons. The lowest BCUT2D eigenvalue weighted by Crippen LogP contribution is -2.42. The summed E-state index contributed by atoms with van der Waals surface area (Å²) in [7, 11) is 0. The average Bonchev–Trinajstić information content (AvgIpc) is 2.75. The summed E-state index contributed by atoms with van der Waals surface area (Å²) in [5, 5.41) is 10.8. The molecule has 0 amide bonds. The van der Waals surface area contributed by atoms with Gasteiger partial charge < -0.3 is 15.2 Å². The summed E-state index contributed by atoms with van der Waals surface area (Å²) in [4.78, 5) is 4.64. The highest BCUT2D eigenvalue weighted by molar-refractivity contribution is 5.80. The van der Waals surface area contributed by atoms with Crippen LogP contribution in [0.1, 0.15) is 57.1 Å². The van der Waals surface area contributed by atoms with Crippen LogP contribution >= 0.6 is 0 Å². The molecule has 5 heteroatoms. The first kappa shape index (κ1) is 16.5. The first-order chi connectivity index (χ1) is 9.58. The van der Waals surface area contributed by atoms with Gasteiger partial charge in [-0.05, 0) is 33.6 Å². The summed E-state index contributed by atoms with van der Waals surface area (Å²) in [5.74, 6) is 1.72. The molecular weight excluding hydrogens is 252 g/mol. The first-order valence-electron chi connectivity index (χ1n) is 7.55. The number of unbranched alkanes of at least 4 members (excludes halogenated alkanes) is 1. The van der Waals surface area contributed by atoms with E-state index in [0.717, 1.165) is 42.4 Å². The smallest absolute Gasteiger partial charge is 0.191 e. The maximum absolute atomic E-state index is 5.17. The molecule has 0 bridgehead atoms. The van der Waals surface area contributed by atoms with Crippen LogP contribution in [0.25, 0.3) is 0 Å². The van der Waals surface area contributed by atoms with Gasteiger partial charge >= 0.3 is 0 Å². The van der Waals surface area contributed by atoms with E-state index in [1.165, 1.54) is 6.42 Å². The highest BCUT2D eigenvalue weighted by Crippen LogP contribution is 2.13. The maximum atomic E-state index is 5.17. The van der Waals surface area contributed by atoms with Gasteiger partial charge in [-0.15, -0.1) is 0 Å². The molecule has 0 radical (unpaired) electrons. The monoisotopic (exact) mass is 280 g/mol.